The summed E-state index contributed by atoms with van der Waals surface area (Å²) in [5.41, 5.74) is 0. The maximum Gasteiger partial charge on any atom is 0.289 e. The van der Waals surface area contributed by atoms with Crippen LogP contribution in [0.15, 0.2) is 13.2 Å². The molecule has 2 heterocycles. The summed E-state index contributed by atoms with van der Waals surface area (Å²) in [6, 6.07) is 0. The third kappa shape index (κ3) is 1.48. The maximum atomic E-state index is 11.2. The van der Waals surface area contributed by atoms with Crippen molar-refractivity contribution in [2.24, 2.45) is 0 Å². The highest BCUT2D eigenvalue weighted by Crippen LogP contribution is 2.45. The van der Waals surface area contributed by atoms with Crippen molar-refractivity contribution in [1.29, 1.82) is 0 Å². The van der Waals surface area contributed by atoms with E-state index >= 15 is 0 Å². The standard InChI is InChI=1S/C6H4O2S4/c1-2-3(7)10-5-4(9-2)11-6(8)12-5/h2H,1H3. The molecule has 0 N–H and O–H groups in total. The van der Waals surface area contributed by atoms with E-state index in [1.165, 1.54) is 46.2 Å². The SMILES string of the molecule is CC1Sc2sc(=O)sc2SC1=O. The third-order valence-corrected chi connectivity index (χ3v) is 6.57. The van der Waals surface area contributed by atoms with Crippen LogP contribution in [0.2, 0.25) is 0 Å². The minimum absolute atomic E-state index is 0.00671. The number of fused-ring (bicyclic) bond motifs is 1. The van der Waals surface area contributed by atoms with E-state index < -0.39 is 0 Å². The highest BCUT2D eigenvalue weighted by Gasteiger charge is 2.27. The van der Waals surface area contributed by atoms with Gasteiger partial charge >= 0.3 is 0 Å². The summed E-state index contributed by atoms with van der Waals surface area (Å²) in [5, 5.41) is 0.147. The van der Waals surface area contributed by atoms with Crippen LogP contribution >= 0.6 is 46.2 Å². The van der Waals surface area contributed by atoms with Crippen molar-refractivity contribution in [2.75, 3.05) is 0 Å². The van der Waals surface area contributed by atoms with Crippen molar-refractivity contribution in [2.45, 2.75) is 20.6 Å². The average molecular weight is 236 g/mol. The van der Waals surface area contributed by atoms with Crippen LogP contribution in [0.4, 0.5) is 0 Å². The van der Waals surface area contributed by atoms with E-state index in [0.717, 1.165) is 8.42 Å². The molecule has 12 heavy (non-hydrogen) atoms. The van der Waals surface area contributed by atoms with Gasteiger partial charge < -0.3 is 0 Å². The van der Waals surface area contributed by atoms with Crippen molar-refractivity contribution in [3.05, 3.63) is 8.85 Å². The Morgan fingerprint density at radius 3 is 2.58 bits per heavy atom. The van der Waals surface area contributed by atoms with E-state index in [4.69, 9.17) is 0 Å². The number of carbonyl (C=O) groups is 1. The van der Waals surface area contributed by atoms with Gasteiger partial charge in [0.25, 0.3) is 4.06 Å². The first-order valence-electron chi connectivity index (χ1n) is 3.19. The first-order valence-corrected chi connectivity index (χ1v) is 6.52. The molecule has 2 nitrogen and oxygen atoms in total. The molecule has 6 heteroatoms. The molecule has 1 unspecified atom stereocenters. The molecule has 1 aromatic heterocycles. The molecule has 2 rings (SSSR count). The lowest BCUT2D eigenvalue weighted by Gasteiger charge is -2.13. The highest BCUT2D eigenvalue weighted by molar-refractivity contribution is 8.19. The molecule has 0 saturated heterocycles. The number of hydrogen-bond acceptors (Lipinski definition) is 6. The number of hydrogen-bond donors (Lipinski definition) is 0. The quantitative estimate of drug-likeness (QED) is 0.692. The largest absolute Gasteiger partial charge is 0.289 e. The van der Waals surface area contributed by atoms with Gasteiger partial charge in [0.15, 0.2) is 0 Å². The van der Waals surface area contributed by atoms with Gasteiger partial charge in [-0.1, -0.05) is 22.7 Å². The summed E-state index contributed by atoms with van der Waals surface area (Å²) in [5.74, 6) is 0. The molecule has 0 aromatic carbocycles. The number of thioether (sulfide) groups is 2. The minimum Gasteiger partial charge on any atom is -0.286 e. The molecule has 0 aliphatic carbocycles. The van der Waals surface area contributed by atoms with Gasteiger partial charge in [0.05, 0.1) is 13.7 Å². The van der Waals surface area contributed by atoms with Crippen molar-refractivity contribution in [3.63, 3.8) is 0 Å². The summed E-state index contributed by atoms with van der Waals surface area (Å²) in [4.78, 5) is 22.2. The van der Waals surface area contributed by atoms with E-state index in [9.17, 15) is 9.59 Å². The van der Waals surface area contributed by atoms with Crippen LogP contribution in [0.1, 0.15) is 6.92 Å². The fourth-order valence-electron chi connectivity index (χ4n) is 0.773. The number of rotatable bonds is 0. The van der Waals surface area contributed by atoms with Crippen molar-refractivity contribution in [1.82, 2.24) is 0 Å². The second-order valence-electron chi connectivity index (χ2n) is 2.21. The van der Waals surface area contributed by atoms with E-state index in [2.05, 4.69) is 0 Å². The summed E-state index contributed by atoms with van der Waals surface area (Å²) < 4.78 is 1.99. The molecule has 64 valence electrons. The maximum absolute atomic E-state index is 11.2. The van der Waals surface area contributed by atoms with E-state index in [1.807, 2.05) is 6.92 Å². The molecule has 0 radical (unpaired) electrons. The van der Waals surface area contributed by atoms with Crippen LogP contribution in [0.3, 0.4) is 0 Å². The Kier molecular flexibility index (Phi) is 2.33. The zero-order valence-corrected chi connectivity index (χ0v) is 9.29. The van der Waals surface area contributed by atoms with Gasteiger partial charge in [-0.05, 0) is 18.7 Å². The predicted octanol–water partition coefficient (Wildman–Crippen LogP) is 2.28. The van der Waals surface area contributed by atoms with Crippen LogP contribution in [-0.4, -0.2) is 10.4 Å². The van der Waals surface area contributed by atoms with Crippen molar-refractivity contribution in [3.8, 4) is 0 Å². The first-order chi connectivity index (χ1) is 5.66. The van der Waals surface area contributed by atoms with Gasteiger partial charge in [0, 0.05) is 0 Å². The Hall–Kier alpha value is 0.220. The summed E-state index contributed by atoms with van der Waals surface area (Å²) in [6.45, 7) is 1.87. The normalized spacial score (nSPS) is 22.4. The van der Waals surface area contributed by atoms with E-state index in [1.54, 1.807) is 0 Å². The molecular formula is C6H4O2S4. The summed E-state index contributed by atoms with van der Waals surface area (Å²) >= 11 is 5.14. The molecule has 1 aliphatic heterocycles. The molecule has 1 aromatic rings. The number of carbonyl (C=O) groups excluding carboxylic acids is 1. The zero-order chi connectivity index (χ0) is 8.72. The summed E-state index contributed by atoms with van der Waals surface area (Å²) in [6.07, 6.45) is 0. The van der Waals surface area contributed by atoms with Gasteiger partial charge in [-0.15, -0.1) is 11.8 Å². The van der Waals surface area contributed by atoms with Crippen molar-refractivity contribution < 1.29 is 4.79 Å². The monoisotopic (exact) mass is 236 g/mol. The molecule has 1 atom stereocenters. The van der Waals surface area contributed by atoms with Crippen LogP contribution in [0.25, 0.3) is 0 Å². The predicted molar refractivity (Wildman–Crippen MR) is 54.6 cm³/mol. The van der Waals surface area contributed by atoms with Gasteiger partial charge in [0.2, 0.25) is 5.12 Å². The molecule has 0 saturated carbocycles. The first kappa shape index (κ1) is 8.80. The molecule has 0 spiro atoms. The third-order valence-electron chi connectivity index (χ3n) is 1.33. The molecule has 0 bridgehead atoms. The fraction of sp³-hybridized carbons (Fsp3) is 0.333. The van der Waals surface area contributed by atoms with Crippen molar-refractivity contribution >= 4 is 51.3 Å². The Bertz CT molecular complexity index is 377. The Morgan fingerprint density at radius 2 is 1.83 bits per heavy atom. The fourth-order valence-corrected chi connectivity index (χ4v) is 5.99. The molecule has 0 fully saturated rings. The smallest absolute Gasteiger partial charge is 0.286 e. The lowest BCUT2D eigenvalue weighted by Crippen LogP contribution is -2.11. The zero-order valence-electron chi connectivity index (χ0n) is 6.03. The summed E-state index contributed by atoms with van der Waals surface area (Å²) in [7, 11) is 0. The second kappa shape index (κ2) is 3.17. The van der Waals surface area contributed by atoms with E-state index in [0.29, 0.717) is 0 Å². The molecular weight excluding hydrogens is 232 g/mol. The minimum atomic E-state index is -0.00671. The topological polar surface area (TPSA) is 34.1 Å². The van der Waals surface area contributed by atoms with Gasteiger partial charge in [0.1, 0.15) is 0 Å². The van der Waals surface area contributed by atoms with Crippen LogP contribution in [-0.2, 0) is 4.79 Å². The Morgan fingerprint density at radius 1 is 1.17 bits per heavy atom. The van der Waals surface area contributed by atoms with Crippen LogP contribution in [0, 0.1) is 0 Å². The lowest BCUT2D eigenvalue weighted by atomic mass is 10.5. The lowest BCUT2D eigenvalue weighted by molar-refractivity contribution is -0.110. The Labute approximate surface area is 85.4 Å². The average Bonchev–Trinajstić information content (AvgIpc) is 2.30. The van der Waals surface area contributed by atoms with Crippen LogP contribution < -0.4 is 4.06 Å². The Balaban J connectivity index is 2.46. The molecule has 1 aliphatic rings. The van der Waals surface area contributed by atoms with E-state index in [-0.39, 0.29) is 14.4 Å². The van der Waals surface area contributed by atoms with Crippen LogP contribution in [0.5, 0.6) is 0 Å². The second-order valence-corrected chi connectivity index (χ2v) is 7.32. The highest BCUT2D eigenvalue weighted by atomic mass is 32.2. The van der Waals surface area contributed by atoms with Gasteiger partial charge in [-0.25, -0.2) is 0 Å². The van der Waals surface area contributed by atoms with Gasteiger partial charge in [-0.2, -0.15) is 0 Å². The molecule has 0 amide bonds. The van der Waals surface area contributed by atoms with Gasteiger partial charge in [-0.3, -0.25) is 9.59 Å².